The molecule has 1 aliphatic heterocycles. The second kappa shape index (κ2) is 6.30. The van der Waals surface area contributed by atoms with Gasteiger partial charge in [0.1, 0.15) is 5.75 Å². The molecule has 0 amide bonds. The van der Waals surface area contributed by atoms with E-state index in [1.165, 1.54) is 12.8 Å². The van der Waals surface area contributed by atoms with Crippen molar-refractivity contribution >= 4 is 39.2 Å². The van der Waals surface area contributed by atoms with Crippen molar-refractivity contribution in [3.8, 4) is 17.0 Å². The Morgan fingerprint density at radius 2 is 2.07 bits per heavy atom. The zero-order valence-corrected chi connectivity index (χ0v) is 17.3. The average molecular weight is 421 g/mol. The first-order valence-electron chi connectivity index (χ1n) is 10.1. The number of aromatic hydroxyl groups is 1. The van der Waals surface area contributed by atoms with E-state index in [4.69, 9.17) is 16.6 Å². The van der Waals surface area contributed by atoms with Crippen LogP contribution in [0.5, 0.6) is 5.75 Å². The fourth-order valence-electron chi connectivity index (χ4n) is 4.42. The lowest BCUT2D eigenvalue weighted by Gasteiger charge is -2.35. The molecular formula is C22H21ClN6O. The molecule has 2 fully saturated rings. The molecule has 1 aromatic carbocycles. The van der Waals surface area contributed by atoms with E-state index in [0.29, 0.717) is 27.5 Å². The Morgan fingerprint density at radius 1 is 1.20 bits per heavy atom. The van der Waals surface area contributed by atoms with Crippen LogP contribution in [0.2, 0.25) is 5.02 Å². The van der Waals surface area contributed by atoms with E-state index in [1.807, 2.05) is 25.5 Å². The van der Waals surface area contributed by atoms with Crippen molar-refractivity contribution in [3.05, 3.63) is 41.7 Å². The first-order valence-corrected chi connectivity index (χ1v) is 10.5. The lowest BCUT2D eigenvalue weighted by molar-refractivity contribution is 0.442. The predicted molar refractivity (Wildman–Crippen MR) is 118 cm³/mol. The highest BCUT2D eigenvalue weighted by Crippen LogP contribution is 2.40. The molecule has 1 saturated heterocycles. The highest BCUT2D eigenvalue weighted by Gasteiger charge is 2.45. The van der Waals surface area contributed by atoms with Crippen LogP contribution in [-0.2, 0) is 7.05 Å². The number of nitrogens with zero attached hydrogens (tertiary/aromatic N) is 5. The number of benzene rings is 1. The number of piperazine rings is 1. The van der Waals surface area contributed by atoms with Gasteiger partial charge < -0.3 is 15.3 Å². The number of pyridine rings is 2. The molecule has 0 bridgehead atoms. The minimum absolute atomic E-state index is 0.122. The summed E-state index contributed by atoms with van der Waals surface area (Å²) >= 11 is 6.66. The van der Waals surface area contributed by atoms with Crippen molar-refractivity contribution in [1.29, 1.82) is 0 Å². The fourth-order valence-corrected chi connectivity index (χ4v) is 4.66. The molecule has 3 aromatic heterocycles. The lowest BCUT2D eigenvalue weighted by Crippen LogP contribution is -2.52. The van der Waals surface area contributed by atoms with E-state index in [9.17, 15) is 5.11 Å². The minimum atomic E-state index is 0.122. The second-order valence-corrected chi connectivity index (χ2v) is 8.82. The van der Waals surface area contributed by atoms with E-state index >= 15 is 0 Å². The Kier molecular flexibility index (Phi) is 3.76. The van der Waals surface area contributed by atoms with Gasteiger partial charge in [-0.3, -0.25) is 4.68 Å². The largest absolute Gasteiger partial charge is 0.507 e. The number of hydrogen-bond acceptors (Lipinski definition) is 6. The molecule has 4 heterocycles. The molecule has 4 aromatic rings. The molecule has 1 spiro atoms. The standard InChI is InChI=1S/C22H21ClN6O/c1-28-11-13-6-16(20(30)9-18(13)27-28)19-8-17(23)15-7-14(10-24-21(15)26-19)29-5-4-25-22(12-29)2-3-22/h6-11,25,30H,2-5,12H2,1H3. The number of phenolic OH excluding ortho intramolecular Hbond substituents is 1. The molecule has 152 valence electrons. The van der Waals surface area contributed by atoms with Gasteiger partial charge >= 0.3 is 0 Å². The lowest BCUT2D eigenvalue weighted by atomic mass is 10.1. The third-order valence-electron chi connectivity index (χ3n) is 6.21. The maximum atomic E-state index is 10.5. The summed E-state index contributed by atoms with van der Waals surface area (Å²) in [6.07, 6.45) is 6.26. The van der Waals surface area contributed by atoms with Crippen molar-refractivity contribution < 1.29 is 5.11 Å². The smallest absolute Gasteiger partial charge is 0.161 e. The summed E-state index contributed by atoms with van der Waals surface area (Å²) in [7, 11) is 1.85. The maximum Gasteiger partial charge on any atom is 0.161 e. The topological polar surface area (TPSA) is 79.1 Å². The fraction of sp³-hybridized carbons (Fsp3) is 0.318. The number of halogens is 1. The molecule has 30 heavy (non-hydrogen) atoms. The molecular weight excluding hydrogens is 400 g/mol. The molecule has 6 rings (SSSR count). The summed E-state index contributed by atoms with van der Waals surface area (Å²) in [6.45, 7) is 2.94. The van der Waals surface area contributed by atoms with Crippen LogP contribution in [0.4, 0.5) is 5.69 Å². The number of anilines is 1. The monoisotopic (exact) mass is 420 g/mol. The second-order valence-electron chi connectivity index (χ2n) is 8.41. The van der Waals surface area contributed by atoms with Crippen LogP contribution in [0, 0.1) is 0 Å². The van der Waals surface area contributed by atoms with Gasteiger partial charge in [0.2, 0.25) is 0 Å². The summed E-state index contributed by atoms with van der Waals surface area (Å²) in [4.78, 5) is 11.7. The molecule has 7 nitrogen and oxygen atoms in total. The number of nitrogens with one attached hydrogen (secondary N) is 1. The number of hydrogen-bond donors (Lipinski definition) is 2. The minimum Gasteiger partial charge on any atom is -0.507 e. The van der Waals surface area contributed by atoms with Crippen LogP contribution in [0.15, 0.2) is 36.7 Å². The number of phenols is 1. The van der Waals surface area contributed by atoms with Gasteiger partial charge in [0.05, 0.1) is 28.1 Å². The molecule has 2 N–H and O–H groups in total. The normalized spacial score (nSPS) is 17.9. The van der Waals surface area contributed by atoms with Gasteiger partial charge in [0, 0.05) is 60.8 Å². The molecule has 8 heteroatoms. The van der Waals surface area contributed by atoms with E-state index in [2.05, 4.69) is 26.4 Å². The van der Waals surface area contributed by atoms with Crippen LogP contribution in [0.25, 0.3) is 33.2 Å². The summed E-state index contributed by atoms with van der Waals surface area (Å²) in [5.41, 5.74) is 3.88. The van der Waals surface area contributed by atoms with Crippen molar-refractivity contribution in [2.75, 3.05) is 24.5 Å². The number of fused-ring (bicyclic) bond motifs is 2. The zero-order valence-electron chi connectivity index (χ0n) is 16.6. The molecule has 0 radical (unpaired) electrons. The summed E-state index contributed by atoms with van der Waals surface area (Å²) in [6, 6.07) is 7.41. The number of rotatable bonds is 2. The first-order chi connectivity index (χ1) is 14.5. The number of aryl methyl sites for hydroxylation is 1. The van der Waals surface area contributed by atoms with Gasteiger partial charge in [0.25, 0.3) is 0 Å². The molecule has 2 aliphatic rings. The highest BCUT2D eigenvalue weighted by atomic mass is 35.5. The van der Waals surface area contributed by atoms with E-state index in [-0.39, 0.29) is 5.75 Å². The van der Waals surface area contributed by atoms with Gasteiger partial charge in [-0.05, 0) is 31.0 Å². The van der Waals surface area contributed by atoms with Crippen LogP contribution >= 0.6 is 11.6 Å². The molecule has 1 aliphatic carbocycles. The zero-order chi connectivity index (χ0) is 20.5. The Hall–Kier alpha value is -2.90. The third kappa shape index (κ3) is 2.88. The summed E-state index contributed by atoms with van der Waals surface area (Å²) in [5.74, 6) is 0.122. The quantitative estimate of drug-likeness (QED) is 0.517. The van der Waals surface area contributed by atoms with Crippen molar-refractivity contribution in [1.82, 2.24) is 25.1 Å². The third-order valence-corrected chi connectivity index (χ3v) is 6.52. The highest BCUT2D eigenvalue weighted by molar-refractivity contribution is 6.35. The SMILES string of the molecule is Cn1cc2cc(-c3cc(Cl)c4cc(N5CCNC6(CC6)C5)cnc4n3)c(O)cc2n1. The van der Waals surface area contributed by atoms with E-state index < -0.39 is 0 Å². The summed E-state index contributed by atoms with van der Waals surface area (Å²) < 4.78 is 1.72. The Bertz CT molecular complexity index is 1310. The Balaban J connectivity index is 1.41. The summed E-state index contributed by atoms with van der Waals surface area (Å²) in [5, 5.41) is 20.8. The maximum absolute atomic E-state index is 10.5. The first kappa shape index (κ1) is 17.9. The molecule has 0 atom stereocenters. The van der Waals surface area contributed by atoms with Gasteiger partial charge in [-0.2, -0.15) is 5.10 Å². The van der Waals surface area contributed by atoms with Crippen LogP contribution in [0.1, 0.15) is 12.8 Å². The van der Waals surface area contributed by atoms with Crippen LogP contribution in [-0.4, -0.2) is 50.0 Å². The van der Waals surface area contributed by atoms with Gasteiger partial charge in [-0.25, -0.2) is 9.97 Å². The average Bonchev–Trinajstić information content (AvgIpc) is 3.36. The van der Waals surface area contributed by atoms with Gasteiger partial charge in [-0.15, -0.1) is 0 Å². The van der Waals surface area contributed by atoms with Crippen molar-refractivity contribution in [2.24, 2.45) is 7.05 Å². The molecule has 1 saturated carbocycles. The Morgan fingerprint density at radius 3 is 2.90 bits per heavy atom. The van der Waals surface area contributed by atoms with Gasteiger partial charge in [-0.1, -0.05) is 11.6 Å². The molecule has 0 unspecified atom stereocenters. The van der Waals surface area contributed by atoms with Gasteiger partial charge in [0.15, 0.2) is 5.65 Å². The van der Waals surface area contributed by atoms with Crippen LogP contribution in [0.3, 0.4) is 0 Å². The Labute approximate surface area is 178 Å². The van der Waals surface area contributed by atoms with E-state index in [0.717, 1.165) is 41.6 Å². The predicted octanol–water partition coefficient (Wildman–Crippen LogP) is 3.48. The van der Waals surface area contributed by atoms with Crippen LogP contribution < -0.4 is 10.2 Å². The van der Waals surface area contributed by atoms with E-state index in [1.54, 1.807) is 16.8 Å². The number of aromatic nitrogens is 4. The van der Waals surface area contributed by atoms with Crippen molar-refractivity contribution in [3.63, 3.8) is 0 Å². The van der Waals surface area contributed by atoms with Crippen molar-refractivity contribution in [2.45, 2.75) is 18.4 Å².